The van der Waals surface area contributed by atoms with Gasteiger partial charge in [0.2, 0.25) is 0 Å². The van der Waals surface area contributed by atoms with E-state index >= 15 is 0 Å². The fourth-order valence-corrected chi connectivity index (χ4v) is 2.81. The van der Waals surface area contributed by atoms with E-state index in [1.165, 1.54) is 30.2 Å². The van der Waals surface area contributed by atoms with Crippen LogP contribution >= 0.6 is 0 Å². The summed E-state index contributed by atoms with van der Waals surface area (Å²) in [6, 6.07) is 9.17. The monoisotopic (exact) mass is 259 g/mol. The quantitative estimate of drug-likeness (QED) is 0.779. The second kappa shape index (κ2) is 6.76. The molecular formula is C17H25NO. The largest absolute Gasteiger partial charge is 0.464 e. The highest BCUT2D eigenvalue weighted by atomic mass is 16.3. The van der Waals surface area contributed by atoms with E-state index in [1.54, 1.807) is 6.26 Å². The fourth-order valence-electron chi connectivity index (χ4n) is 2.81. The van der Waals surface area contributed by atoms with Crippen LogP contribution in [0.2, 0.25) is 0 Å². The van der Waals surface area contributed by atoms with Gasteiger partial charge in [0.1, 0.15) is 5.58 Å². The highest BCUT2D eigenvalue weighted by Crippen LogP contribution is 2.29. The summed E-state index contributed by atoms with van der Waals surface area (Å²) < 4.78 is 5.43. The number of nitrogens with one attached hydrogen (secondary N) is 1. The van der Waals surface area contributed by atoms with Gasteiger partial charge in [0.25, 0.3) is 0 Å². The van der Waals surface area contributed by atoms with Crippen LogP contribution < -0.4 is 5.32 Å². The van der Waals surface area contributed by atoms with Crippen LogP contribution in [0.15, 0.2) is 34.9 Å². The molecule has 0 aliphatic heterocycles. The first-order valence-electron chi connectivity index (χ1n) is 7.46. The predicted octanol–water partition coefficient (Wildman–Crippen LogP) is 4.70. The predicted molar refractivity (Wildman–Crippen MR) is 81.6 cm³/mol. The molecule has 0 fully saturated rings. The molecule has 0 amide bonds. The van der Waals surface area contributed by atoms with E-state index in [2.05, 4.69) is 44.3 Å². The third-order valence-corrected chi connectivity index (χ3v) is 3.90. The average molecular weight is 259 g/mol. The molecule has 0 bridgehead atoms. The standard InChI is InChI=1S/C17H25NO/c1-4-6-7-16(13(3)18-5-2)14-8-9-17-15(12-14)10-11-19-17/h8-13,16,18H,4-7H2,1-3H3. The average Bonchev–Trinajstić information content (AvgIpc) is 2.87. The number of likely N-dealkylation sites (N-methyl/N-ethyl adjacent to an activating group) is 1. The van der Waals surface area contributed by atoms with E-state index < -0.39 is 0 Å². The van der Waals surface area contributed by atoms with Crippen LogP contribution in [-0.4, -0.2) is 12.6 Å². The minimum Gasteiger partial charge on any atom is -0.464 e. The highest BCUT2D eigenvalue weighted by molar-refractivity contribution is 5.77. The molecule has 0 saturated heterocycles. The molecule has 19 heavy (non-hydrogen) atoms. The topological polar surface area (TPSA) is 25.2 Å². The molecule has 0 aliphatic carbocycles. The highest BCUT2D eigenvalue weighted by Gasteiger charge is 2.18. The molecule has 0 radical (unpaired) electrons. The molecule has 104 valence electrons. The van der Waals surface area contributed by atoms with Gasteiger partial charge in [0.15, 0.2) is 0 Å². The molecule has 2 aromatic rings. The van der Waals surface area contributed by atoms with Crippen molar-refractivity contribution in [2.45, 2.75) is 52.0 Å². The van der Waals surface area contributed by atoms with Gasteiger partial charge >= 0.3 is 0 Å². The Bertz CT molecular complexity index is 503. The summed E-state index contributed by atoms with van der Waals surface area (Å²) in [6.07, 6.45) is 5.55. The Morgan fingerprint density at radius 1 is 1.21 bits per heavy atom. The van der Waals surface area contributed by atoms with Crippen molar-refractivity contribution in [1.82, 2.24) is 5.32 Å². The summed E-state index contributed by atoms with van der Waals surface area (Å²) in [5.41, 5.74) is 2.41. The van der Waals surface area contributed by atoms with Crippen LogP contribution in [0.5, 0.6) is 0 Å². The Labute approximate surface area is 116 Å². The van der Waals surface area contributed by atoms with Gasteiger partial charge in [-0.2, -0.15) is 0 Å². The van der Waals surface area contributed by atoms with Gasteiger partial charge in [0, 0.05) is 11.4 Å². The minimum absolute atomic E-state index is 0.515. The molecule has 2 unspecified atom stereocenters. The Kier molecular flexibility index (Phi) is 5.03. The van der Waals surface area contributed by atoms with Gasteiger partial charge < -0.3 is 9.73 Å². The van der Waals surface area contributed by atoms with Crippen LogP contribution in [0, 0.1) is 0 Å². The molecule has 1 heterocycles. The SMILES string of the molecule is CCCCC(c1ccc2occc2c1)C(C)NCC. The summed E-state index contributed by atoms with van der Waals surface area (Å²) in [5, 5.41) is 4.78. The molecule has 2 nitrogen and oxygen atoms in total. The van der Waals surface area contributed by atoms with Crippen molar-refractivity contribution in [1.29, 1.82) is 0 Å². The zero-order valence-electron chi connectivity index (χ0n) is 12.3. The second-order valence-electron chi connectivity index (χ2n) is 5.31. The van der Waals surface area contributed by atoms with Gasteiger partial charge in [-0.25, -0.2) is 0 Å². The molecule has 1 aromatic carbocycles. The zero-order chi connectivity index (χ0) is 13.7. The second-order valence-corrected chi connectivity index (χ2v) is 5.31. The molecule has 0 saturated carbocycles. The summed E-state index contributed by atoms with van der Waals surface area (Å²) in [4.78, 5) is 0. The van der Waals surface area contributed by atoms with Crippen molar-refractivity contribution < 1.29 is 4.42 Å². The number of hydrogen-bond donors (Lipinski definition) is 1. The van der Waals surface area contributed by atoms with Crippen LogP contribution in [0.3, 0.4) is 0 Å². The van der Waals surface area contributed by atoms with Gasteiger partial charge in [-0.15, -0.1) is 0 Å². The number of rotatable bonds is 7. The first kappa shape index (κ1) is 14.1. The molecule has 0 aliphatic rings. The van der Waals surface area contributed by atoms with Gasteiger partial charge in [0.05, 0.1) is 6.26 Å². The summed E-state index contributed by atoms with van der Waals surface area (Å²) >= 11 is 0. The first-order valence-corrected chi connectivity index (χ1v) is 7.46. The van der Waals surface area contributed by atoms with E-state index in [1.807, 2.05) is 6.07 Å². The maximum absolute atomic E-state index is 5.43. The van der Waals surface area contributed by atoms with Crippen LogP contribution in [0.4, 0.5) is 0 Å². The van der Waals surface area contributed by atoms with Crippen LogP contribution in [0.1, 0.15) is 51.5 Å². The number of unbranched alkanes of at least 4 members (excludes halogenated alkanes) is 1. The lowest BCUT2D eigenvalue weighted by Crippen LogP contribution is -2.32. The number of furan rings is 1. The Morgan fingerprint density at radius 2 is 2.05 bits per heavy atom. The summed E-state index contributed by atoms with van der Waals surface area (Å²) in [5.74, 6) is 0.583. The van der Waals surface area contributed by atoms with Crippen molar-refractivity contribution in [3.63, 3.8) is 0 Å². The smallest absolute Gasteiger partial charge is 0.133 e. The molecule has 1 aromatic heterocycles. The van der Waals surface area contributed by atoms with Crippen LogP contribution in [0.25, 0.3) is 11.0 Å². The third-order valence-electron chi connectivity index (χ3n) is 3.90. The number of hydrogen-bond acceptors (Lipinski definition) is 2. The summed E-state index contributed by atoms with van der Waals surface area (Å²) in [6.45, 7) is 7.75. The lowest BCUT2D eigenvalue weighted by atomic mass is 9.87. The van der Waals surface area contributed by atoms with Crippen LogP contribution in [-0.2, 0) is 0 Å². The van der Waals surface area contributed by atoms with E-state index in [9.17, 15) is 0 Å². The van der Waals surface area contributed by atoms with E-state index in [0.29, 0.717) is 12.0 Å². The van der Waals surface area contributed by atoms with E-state index in [4.69, 9.17) is 4.42 Å². The molecule has 2 rings (SSSR count). The number of benzene rings is 1. The first-order chi connectivity index (χ1) is 9.26. The van der Waals surface area contributed by atoms with Crippen molar-refractivity contribution in [3.05, 3.63) is 36.1 Å². The van der Waals surface area contributed by atoms with Crippen molar-refractivity contribution in [2.24, 2.45) is 0 Å². The van der Waals surface area contributed by atoms with Gasteiger partial charge in [-0.05, 0) is 49.6 Å². The van der Waals surface area contributed by atoms with E-state index in [0.717, 1.165) is 12.1 Å². The zero-order valence-corrected chi connectivity index (χ0v) is 12.3. The van der Waals surface area contributed by atoms with E-state index in [-0.39, 0.29) is 0 Å². The molecule has 1 N–H and O–H groups in total. The fraction of sp³-hybridized carbons (Fsp3) is 0.529. The van der Waals surface area contributed by atoms with Crippen molar-refractivity contribution in [3.8, 4) is 0 Å². The molecule has 2 heteroatoms. The molecular weight excluding hydrogens is 234 g/mol. The lowest BCUT2D eigenvalue weighted by molar-refractivity contribution is 0.437. The molecule has 2 atom stereocenters. The summed E-state index contributed by atoms with van der Waals surface area (Å²) in [7, 11) is 0. The van der Waals surface area contributed by atoms with Crippen molar-refractivity contribution >= 4 is 11.0 Å². The maximum atomic E-state index is 5.43. The third kappa shape index (κ3) is 3.38. The minimum atomic E-state index is 0.515. The lowest BCUT2D eigenvalue weighted by Gasteiger charge is -2.25. The normalized spacial score (nSPS) is 14.7. The Morgan fingerprint density at radius 3 is 2.79 bits per heavy atom. The Balaban J connectivity index is 2.24. The van der Waals surface area contributed by atoms with Gasteiger partial charge in [-0.1, -0.05) is 32.8 Å². The molecule has 0 spiro atoms. The number of fused-ring (bicyclic) bond motifs is 1. The van der Waals surface area contributed by atoms with Gasteiger partial charge in [-0.3, -0.25) is 0 Å². The Hall–Kier alpha value is -1.28. The maximum Gasteiger partial charge on any atom is 0.133 e. The van der Waals surface area contributed by atoms with Crippen molar-refractivity contribution in [2.75, 3.05) is 6.54 Å².